The number of nitrogens with two attached hydrogens (primary N) is 1. The van der Waals surface area contributed by atoms with Crippen LogP contribution in [0.2, 0.25) is 0 Å². The second-order valence-corrected chi connectivity index (χ2v) is 6.85. The molecule has 0 saturated carbocycles. The number of methoxy groups -OCH3 is 1. The van der Waals surface area contributed by atoms with Gasteiger partial charge in [-0.2, -0.15) is 0 Å². The summed E-state index contributed by atoms with van der Waals surface area (Å²) in [7, 11) is -1.55. The smallest absolute Gasteiger partial charge is 0.178 e. The lowest BCUT2D eigenvalue weighted by Crippen LogP contribution is -2.53. The van der Waals surface area contributed by atoms with Crippen LogP contribution in [0.5, 0.6) is 0 Å². The molecule has 3 N–H and O–H groups in total. The van der Waals surface area contributed by atoms with Crippen LogP contribution in [-0.4, -0.2) is 41.0 Å². The summed E-state index contributed by atoms with van der Waals surface area (Å²) in [5, 5.41) is 3.37. The fourth-order valence-corrected chi connectivity index (χ4v) is 4.27. The van der Waals surface area contributed by atoms with Crippen LogP contribution >= 0.6 is 0 Å². The minimum atomic E-state index is -3.18. The standard InChI is InChI=1S/C13H20N2O3S/c1-18-8-7-15-13(10-14)6-9-19(16,17)12-5-3-2-4-11(12)13/h2-5,15H,6-10,14H2,1H3. The highest BCUT2D eigenvalue weighted by atomic mass is 32.2. The second-order valence-electron chi connectivity index (χ2n) is 4.77. The summed E-state index contributed by atoms with van der Waals surface area (Å²) in [5.74, 6) is 0.126. The molecular formula is C13H20N2O3S. The molecule has 0 bridgehead atoms. The predicted octanol–water partition coefficient (Wildman–Crippen LogP) is 0.254. The van der Waals surface area contributed by atoms with E-state index in [-0.39, 0.29) is 5.75 Å². The zero-order valence-electron chi connectivity index (χ0n) is 11.1. The molecule has 0 saturated heterocycles. The molecule has 0 aliphatic carbocycles. The van der Waals surface area contributed by atoms with Gasteiger partial charge in [0.05, 0.1) is 22.8 Å². The Kier molecular flexibility index (Phi) is 4.25. The number of sulfone groups is 1. The van der Waals surface area contributed by atoms with Crippen LogP contribution in [0, 0.1) is 0 Å². The van der Waals surface area contributed by atoms with Crippen LogP contribution in [0.15, 0.2) is 29.2 Å². The van der Waals surface area contributed by atoms with Crippen LogP contribution in [-0.2, 0) is 20.1 Å². The number of fused-ring (bicyclic) bond motifs is 1. The van der Waals surface area contributed by atoms with E-state index in [4.69, 9.17) is 10.5 Å². The normalized spacial score (nSPS) is 24.9. The fraction of sp³-hybridized carbons (Fsp3) is 0.538. The van der Waals surface area contributed by atoms with Gasteiger partial charge in [-0.3, -0.25) is 0 Å². The molecule has 0 spiro atoms. The molecule has 6 heteroatoms. The Hall–Kier alpha value is -0.950. The Morgan fingerprint density at radius 3 is 2.84 bits per heavy atom. The fourth-order valence-electron chi connectivity index (χ4n) is 2.55. The van der Waals surface area contributed by atoms with Crippen LogP contribution in [0.1, 0.15) is 12.0 Å². The van der Waals surface area contributed by atoms with E-state index in [1.165, 1.54) is 0 Å². The van der Waals surface area contributed by atoms with E-state index in [2.05, 4.69) is 5.32 Å². The molecule has 1 aromatic rings. The molecule has 0 amide bonds. The number of benzene rings is 1. The Labute approximate surface area is 114 Å². The van der Waals surface area contributed by atoms with Gasteiger partial charge in [0.15, 0.2) is 9.84 Å². The van der Waals surface area contributed by atoms with Crippen molar-refractivity contribution in [3.8, 4) is 0 Å². The van der Waals surface area contributed by atoms with Crippen molar-refractivity contribution in [3.05, 3.63) is 29.8 Å². The van der Waals surface area contributed by atoms with Crippen molar-refractivity contribution < 1.29 is 13.2 Å². The van der Waals surface area contributed by atoms with E-state index in [0.29, 0.717) is 31.0 Å². The highest BCUT2D eigenvalue weighted by molar-refractivity contribution is 7.91. The van der Waals surface area contributed by atoms with E-state index in [0.717, 1.165) is 5.56 Å². The molecule has 1 aliphatic rings. The summed E-state index contributed by atoms with van der Waals surface area (Å²) < 4.78 is 29.3. The maximum absolute atomic E-state index is 12.1. The van der Waals surface area contributed by atoms with Gasteiger partial charge < -0.3 is 15.8 Å². The summed E-state index contributed by atoms with van der Waals surface area (Å²) >= 11 is 0. The zero-order valence-corrected chi connectivity index (χ0v) is 11.9. The number of hydrogen-bond acceptors (Lipinski definition) is 5. The van der Waals surface area contributed by atoms with Gasteiger partial charge in [-0.1, -0.05) is 18.2 Å². The third-order valence-corrected chi connectivity index (χ3v) is 5.42. The van der Waals surface area contributed by atoms with Crippen molar-refractivity contribution in [2.45, 2.75) is 16.9 Å². The van der Waals surface area contributed by atoms with Crippen molar-refractivity contribution in [2.24, 2.45) is 5.73 Å². The minimum absolute atomic E-state index is 0.126. The Bertz CT molecular complexity index is 545. The maximum Gasteiger partial charge on any atom is 0.178 e. The largest absolute Gasteiger partial charge is 0.383 e. The molecule has 1 atom stereocenters. The summed E-state index contributed by atoms with van der Waals surface area (Å²) in [6, 6.07) is 7.10. The van der Waals surface area contributed by atoms with Crippen molar-refractivity contribution in [2.75, 3.05) is 32.6 Å². The van der Waals surface area contributed by atoms with E-state index < -0.39 is 15.4 Å². The van der Waals surface area contributed by atoms with E-state index in [1.807, 2.05) is 12.1 Å². The molecule has 1 heterocycles. The molecule has 0 aromatic heterocycles. The van der Waals surface area contributed by atoms with Crippen LogP contribution < -0.4 is 11.1 Å². The lowest BCUT2D eigenvalue weighted by Gasteiger charge is -2.39. The third-order valence-electron chi connectivity index (χ3n) is 3.65. The zero-order chi connectivity index (χ0) is 13.9. The maximum atomic E-state index is 12.1. The molecule has 0 radical (unpaired) electrons. The SMILES string of the molecule is COCCNC1(CN)CCS(=O)(=O)c2ccccc21. The molecular weight excluding hydrogens is 264 g/mol. The lowest BCUT2D eigenvalue weighted by molar-refractivity contribution is 0.182. The second kappa shape index (κ2) is 5.58. The first kappa shape index (κ1) is 14.5. The summed E-state index contributed by atoms with van der Waals surface area (Å²) in [5.41, 5.74) is 6.23. The highest BCUT2D eigenvalue weighted by Gasteiger charge is 2.40. The molecule has 1 aliphatic heterocycles. The molecule has 1 aromatic carbocycles. The predicted molar refractivity (Wildman–Crippen MR) is 73.7 cm³/mol. The number of rotatable bonds is 5. The number of ether oxygens (including phenoxy) is 1. The number of nitrogens with one attached hydrogen (secondary N) is 1. The van der Waals surface area contributed by atoms with Crippen LogP contribution in [0.25, 0.3) is 0 Å². The monoisotopic (exact) mass is 284 g/mol. The first-order chi connectivity index (χ1) is 9.06. The quantitative estimate of drug-likeness (QED) is 0.758. The Balaban J connectivity index is 2.41. The van der Waals surface area contributed by atoms with Crippen molar-refractivity contribution >= 4 is 9.84 Å². The summed E-state index contributed by atoms with van der Waals surface area (Å²) in [6.07, 6.45) is 0.493. The van der Waals surface area contributed by atoms with Gasteiger partial charge in [0.25, 0.3) is 0 Å². The van der Waals surface area contributed by atoms with Gasteiger partial charge in [-0.05, 0) is 18.1 Å². The average molecular weight is 284 g/mol. The number of hydrogen-bond donors (Lipinski definition) is 2. The molecule has 2 rings (SSSR count). The van der Waals surface area contributed by atoms with Crippen molar-refractivity contribution in [1.29, 1.82) is 0 Å². The lowest BCUT2D eigenvalue weighted by atomic mass is 9.86. The molecule has 19 heavy (non-hydrogen) atoms. The summed E-state index contributed by atoms with van der Waals surface area (Å²) in [6.45, 7) is 1.57. The van der Waals surface area contributed by atoms with Gasteiger partial charge in [-0.15, -0.1) is 0 Å². The first-order valence-corrected chi connectivity index (χ1v) is 7.97. The van der Waals surface area contributed by atoms with Crippen LogP contribution in [0.3, 0.4) is 0 Å². The highest BCUT2D eigenvalue weighted by Crippen LogP contribution is 2.36. The van der Waals surface area contributed by atoms with Gasteiger partial charge >= 0.3 is 0 Å². The summed E-state index contributed by atoms with van der Waals surface area (Å²) in [4.78, 5) is 0.400. The van der Waals surface area contributed by atoms with E-state index in [9.17, 15) is 8.42 Å². The van der Waals surface area contributed by atoms with E-state index >= 15 is 0 Å². The van der Waals surface area contributed by atoms with Gasteiger partial charge in [0.2, 0.25) is 0 Å². The minimum Gasteiger partial charge on any atom is -0.383 e. The molecule has 1 unspecified atom stereocenters. The molecule has 106 valence electrons. The van der Waals surface area contributed by atoms with E-state index in [1.54, 1.807) is 19.2 Å². The topological polar surface area (TPSA) is 81.4 Å². The third kappa shape index (κ3) is 2.67. The van der Waals surface area contributed by atoms with Gasteiger partial charge in [0.1, 0.15) is 0 Å². The van der Waals surface area contributed by atoms with Crippen LogP contribution in [0.4, 0.5) is 0 Å². The van der Waals surface area contributed by atoms with Gasteiger partial charge in [-0.25, -0.2) is 8.42 Å². The molecule has 5 nitrogen and oxygen atoms in total. The van der Waals surface area contributed by atoms with Crippen molar-refractivity contribution in [1.82, 2.24) is 5.32 Å². The molecule has 0 fully saturated rings. The Morgan fingerprint density at radius 2 is 2.16 bits per heavy atom. The average Bonchev–Trinajstić information content (AvgIpc) is 2.42. The van der Waals surface area contributed by atoms with Gasteiger partial charge in [0, 0.05) is 20.2 Å². The Morgan fingerprint density at radius 1 is 1.42 bits per heavy atom. The van der Waals surface area contributed by atoms with Crippen molar-refractivity contribution in [3.63, 3.8) is 0 Å². The first-order valence-electron chi connectivity index (χ1n) is 6.32.